The van der Waals surface area contributed by atoms with E-state index in [0.717, 1.165) is 37.5 Å². The van der Waals surface area contributed by atoms with Crippen molar-refractivity contribution in [2.75, 3.05) is 32.7 Å². The summed E-state index contributed by atoms with van der Waals surface area (Å²) in [4.78, 5) is 19.1. The molecule has 3 saturated heterocycles. The lowest BCUT2D eigenvalue weighted by Crippen LogP contribution is -2.44. The molecule has 122 valence electrons. The Bertz CT molecular complexity index is 608. The van der Waals surface area contributed by atoms with Gasteiger partial charge < -0.3 is 19.4 Å². The largest absolute Gasteiger partial charge is 0.476 e. The molecular weight excluding hydrogens is 290 g/mol. The number of piperidine rings is 1. The predicted octanol–water partition coefficient (Wildman–Crippen LogP) is 1.31. The molecule has 5 rings (SSSR count). The van der Waals surface area contributed by atoms with Crippen LogP contribution in [0.25, 0.3) is 0 Å². The van der Waals surface area contributed by atoms with E-state index in [1.54, 1.807) is 0 Å². The van der Waals surface area contributed by atoms with Gasteiger partial charge in [0.05, 0.1) is 0 Å². The Kier molecular flexibility index (Phi) is 3.05. The summed E-state index contributed by atoms with van der Waals surface area (Å²) in [6, 6.07) is 0.560. The predicted molar refractivity (Wildman–Crippen MR) is 86.2 cm³/mol. The monoisotopic (exact) mass is 313 g/mol. The minimum absolute atomic E-state index is 0.0494. The Balaban J connectivity index is 1.33. The van der Waals surface area contributed by atoms with Crippen LogP contribution in [0.3, 0.4) is 0 Å². The Hall–Kier alpha value is -1.75. The lowest BCUT2D eigenvalue weighted by atomic mass is 9.95. The lowest BCUT2D eigenvalue weighted by Gasteiger charge is -2.37. The first-order valence-electron chi connectivity index (χ1n) is 8.84. The van der Waals surface area contributed by atoms with Crippen molar-refractivity contribution in [3.63, 3.8) is 0 Å². The summed E-state index contributed by atoms with van der Waals surface area (Å²) < 4.78 is 5.85. The summed E-state index contributed by atoms with van der Waals surface area (Å²) in [6.07, 6.45) is 12.0. The van der Waals surface area contributed by atoms with Gasteiger partial charge in [-0.1, -0.05) is 0 Å². The van der Waals surface area contributed by atoms with Gasteiger partial charge in [0.2, 0.25) is 0 Å². The molecule has 5 nitrogen and oxygen atoms in total. The molecule has 0 aromatic carbocycles. The normalized spacial score (nSPS) is 37.7. The molecule has 3 fully saturated rings. The maximum absolute atomic E-state index is 12.3. The van der Waals surface area contributed by atoms with Crippen molar-refractivity contribution in [3.8, 4) is 0 Å². The quantitative estimate of drug-likeness (QED) is 0.770. The maximum atomic E-state index is 12.3. The standard InChI is InChI=1S/C18H23N3O2/c22-18(20-4-1-5-20)17-9-14-11-21(7-3-16(14)23-17)15-8-13-2-6-19(10-13)12-15/h3,7,9,11,13,15-16H,1-2,4-6,8,10,12H2/t13-,15-,16?/m1/s1. The number of hydrogen-bond donors (Lipinski definition) is 0. The van der Waals surface area contributed by atoms with Crippen LogP contribution in [0.15, 0.2) is 35.9 Å². The summed E-state index contributed by atoms with van der Waals surface area (Å²) in [5, 5.41) is 0. The van der Waals surface area contributed by atoms with Crippen LogP contribution >= 0.6 is 0 Å². The van der Waals surface area contributed by atoms with Gasteiger partial charge in [-0.3, -0.25) is 4.79 Å². The molecule has 1 amide bonds. The van der Waals surface area contributed by atoms with E-state index in [9.17, 15) is 4.79 Å². The molecule has 0 aliphatic carbocycles. The number of carbonyl (C=O) groups is 1. The van der Waals surface area contributed by atoms with Gasteiger partial charge in [0, 0.05) is 50.2 Å². The summed E-state index contributed by atoms with van der Waals surface area (Å²) in [6.45, 7) is 5.43. The fraction of sp³-hybridized carbons (Fsp3) is 0.611. The molecule has 5 aliphatic rings. The minimum Gasteiger partial charge on any atom is -0.476 e. The molecule has 4 atom stereocenters. The van der Waals surface area contributed by atoms with Gasteiger partial charge in [-0.05, 0) is 43.9 Å². The Labute approximate surface area is 136 Å². The Morgan fingerprint density at radius 3 is 2.91 bits per heavy atom. The van der Waals surface area contributed by atoms with Crippen molar-refractivity contribution in [1.29, 1.82) is 0 Å². The third kappa shape index (κ3) is 2.29. The van der Waals surface area contributed by atoms with Gasteiger partial charge in [-0.25, -0.2) is 0 Å². The molecule has 5 heteroatoms. The van der Waals surface area contributed by atoms with Crippen LogP contribution in [-0.4, -0.2) is 65.5 Å². The molecule has 0 aromatic rings. The van der Waals surface area contributed by atoms with Crippen molar-refractivity contribution in [3.05, 3.63) is 35.9 Å². The number of rotatable bonds is 2. The van der Waals surface area contributed by atoms with E-state index in [0.29, 0.717) is 11.8 Å². The van der Waals surface area contributed by atoms with E-state index in [4.69, 9.17) is 4.74 Å². The highest BCUT2D eigenvalue weighted by Crippen LogP contribution is 2.34. The first-order valence-corrected chi connectivity index (χ1v) is 8.84. The second kappa shape index (κ2) is 5.13. The zero-order chi connectivity index (χ0) is 15.4. The van der Waals surface area contributed by atoms with Crippen molar-refractivity contribution < 1.29 is 9.53 Å². The molecule has 5 aliphatic heterocycles. The second-order valence-electron chi connectivity index (χ2n) is 7.41. The summed E-state index contributed by atoms with van der Waals surface area (Å²) in [5.41, 5.74) is 1.12. The van der Waals surface area contributed by atoms with Gasteiger partial charge in [-0.2, -0.15) is 0 Å². The van der Waals surface area contributed by atoms with E-state index >= 15 is 0 Å². The van der Waals surface area contributed by atoms with Crippen LogP contribution in [0.4, 0.5) is 0 Å². The number of fused-ring (bicyclic) bond motifs is 3. The smallest absolute Gasteiger partial charge is 0.288 e. The third-order valence-corrected chi connectivity index (χ3v) is 5.83. The van der Waals surface area contributed by atoms with Gasteiger partial charge in [0.15, 0.2) is 5.76 Å². The van der Waals surface area contributed by atoms with Crippen LogP contribution in [0.5, 0.6) is 0 Å². The van der Waals surface area contributed by atoms with Crippen LogP contribution < -0.4 is 0 Å². The number of amides is 1. The minimum atomic E-state index is -0.0768. The molecular formula is C18H23N3O2. The van der Waals surface area contributed by atoms with Gasteiger partial charge in [0.25, 0.3) is 5.91 Å². The zero-order valence-electron chi connectivity index (χ0n) is 13.4. The lowest BCUT2D eigenvalue weighted by molar-refractivity contribution is -0.134. The molecule has 0 N–H and O–H groups in total. The molecule has 0 aromatic heterocycles. The van der Waals surface area contributed by atoms with Gasteiger partial charge in [0.1, 0.15) is 6.10 Å². The van der Waals surface area contributed by atoms with E-state index in [1.807, 2.05) is 11.0 Å². The van der Waals surface area contributed by atoms with E-state index in [-0.39, 0.29) is 12.0 Å². The second-order valence-corrected chi connectivity index (χ2v) is 7.41. The summed E-state index contributed by atoms with van der Waals surface area (Å²) in [5.74, 6) is 1.42. The van der Waals surface area contributed by atoms with Gasteiger partial charge in [-0.15, -0.1) is 0 Å². The fourth-order valence-electron chi connectivity index (χ4n) is 4.39. The fourth-order valence-corrected chi connectivity index (χ4v) is 4.39. The topological polar surface area (TPSA) is 36.0 Å². The molecule has 5 heterocycles. The van der Waals surface area contributed by atoms with Crippen molar-refractivity contribution >= 4 is 5.91 Å². The molecule has 0 radical (unpaired) electrons. The van der Waals surface area contributed by atoms with Crippen LogP contribution in [0.2, 0.25) is 0 Å². The highest BCUT2D eigenvalue weighted by atomic mass is 16.5. The first kappa shape index (κ1) is 13.7. The number of carbonyl (C=O) groups excluding carboxylic acids is 1. The van der Waals surface area contributed by atoms with Gasteiger partial charge >= 0.3 is 0 Å². The van der Waals surface area contributed by atoms with E-state index in [1.165, 1.54) is 25.9 Å². The molecule has 2 unspecified atom stereocenters. The number of hydrogen-bond acceptors (Lipinski definition) is 4. The highest BCUT2D eigenvalue weighted by molar-refractivity contribution is 5.93. The SMILES string of the molecule is O=C(C1=CC2=CN([C@@H]3C[C@H]4CCN(C4)C3)C=CC2O1)N1CCC1. The summed E-state index contributed by atoms with van der Waals surface area (Å²) >= 11 is 0. The van der Waals surface area contributed by atoms with E-state index in [2.05, 4.69) is 28.3 Å². The average Bonchev–Trinajstić information content (AvgIpc) is 3.07. The molecule has 2 bridgehead atoms. The maximum Gasteiger partial charge on any atom is 0.288 e. The van der Waals surface area contributed by atoms with Crippen LogP contribution in [0.1, 0.15) is 19.3 Å². The number of nitrogens with zero attached hydrogens (tertiary/aromatic N) is 3. The van der Waals surface area contributed by atoms with Crippen molar-refractivity contribution in [1.82, 2.24) is 14.7 Å². The number of likely N-dealkylation sites (tertiary alicyclic amines) is 1. The third-order valence-electron chi connectivity index (χ3n) is 5.83. The molecule has 0 spiro atoms. The number of ether oxygens (including phenoxy) is 1. The highest BCUT2D eigenvalue weighted by Gasteiger charge is 2.37. The Morgan fingerprint density at radius 2 is 2.13 bits per heavy atom. The molecule has 23 heavy (non-hydrogen) atoms. The molecule has 0 saturated carbocycles. The summed E-state index contributed by atoms with van der Waals surface area (Å²) in [7, 11) is 0. The Morgan fingerprint density at radius 1 is 1.22 bits per heavy atom. The van der Waals surface area contributed by atoms with E-state index < -0.39 is 0 Å². The first-order chi connectivity index (χ1) is 11.3. The average molecular weight is 313 g/mol. The van der Waals surface area contributed by atoms with Crippen molar-refractivity contribution in [2.45, 2.75) is 31.4 Å². The van der Waals surface area contributed by atoms with Crippen LogP contribution in [0, 0.1) is 5.92 Å². The zero-order valence-corrected chi connectivity index (χ0v) is 13.4. The van der Waals surface area contributed by atoms with Crippen molar-refractivity contribution in [2.24, 2.45) is 5.92 Å². The van der Waals surface area contributed by atoms with Crippen LogP contribution in [-0.2, 0) is 9.53 Å².